The largest absolute Gasteiger partial charge is 0.0795 e. The Morgan fingerprint density at radius 3 is 1.94 bits per heavy atom. The Morgan fingerprint density at radius 1 is 0.941 bits per heavy atom. The molecule has 2 aromatic rings. The fourth-order valence-electron chi connectivity index (χ4n) is 2.67. The Hall–Kier alpha value is -1.56. The molecule has 0 bridgehead atoms. The van der Waals surface area contributed by atoms with Crippen LogP contribution >= 0.6 is 0 Å². The predicted molar refractivity (Wildman–Crippen MR) is 77.6 cm³/mol. The SMILES string of the molecule is CC=c1c(C)c2ccccc2c(C)c1=CCC. The first-order valence-corrected chi connectivity index (χ1v) is 6.35. The van der Waals surface area contributed by atoms with E-state index in [4.69, 9.17) is 0 Å². The molecule has 2 aromatic carbocycles. The summed E-state index contributed by atoms with van der Waals surface area (Å²) in [6.45, 7) is 8.79. The topological polar surface area (TPSA) is 0 Å². The summed E-state index contributed by atoms with van der Waals surface area (Å²) < 4.78 is 0. The van der Waals surface area contributed by atoms with Crippen molar-refractivity contribution in [2.45, 2.75) is 34.1 Å². The molecule has 88 valence electrons. The highest BCUT2D eigenvalue weighted by Crippen LogP contribution is 2.16. The van der Waals surface area contributed by atoms with E-state index < -0.39 is 0 Å². The van der Waals surface area contributed by atoms with E-state index in [0.717, 1.165) is 6.42 Å². The van der Waals surface area contributed by atoms with Gasteiger partial charge in [-0.25, -0.2) is 0 Å². The van der Waals surface area contributed by atoms with Gasteiger partial charge in [-0.2, -0.15) is 0 Å². The average molecular weight is 224 g/mol. The zero-order chi connectivity index (χ0) is 12.4. The lowest BCUT2D eigenvalue weighted by atomic mass is 9.96. The van der Waals surface area contributed by atoms with Gasteiger partial charge in [-0.05, 0) is 59.5 Å². The summed E-state index contributed by atoms with van der Waals surface area (Å²) in [4.78, 5) is 0. The lowest BCUT2D eigenvalue weighted by molar-refractivity contribution is 1.26. The monoisotopic (exact) mass is 224 g/mol. The van der Waals surface area contributed by atoms with E-state index >= 15 is 0 Å². The van der Waals surface area contributed by atoms with Crippen LogP contribution in [0.2, 0.25) is 0 Å². The van der Waals surface area contributed by atoms with Crippen LogP contribution in [-0.4, -0.2) is 0 Å². The zero-order valence-electron chi connectivity index (χ0n) is 11.2. The van der Waals surface area contributed by atoms with Gasteiger partial charge in [0.2, 0.25) is 0 Å². The van der Waals surface area contributed by atoms with E-state index in [-0.39, 0.29) is 0 Å². The molecule has 0 fully saturated rings. The van der Waals surface area contributed by atoms with Crippen molar-refractivity contribution in [2.24, 2.45) is 0 Å². The van der Waals surface area contributed by atoms with Crippen molar-refractivity contribution in [2.75, 3.05) is 0 Å². The molecular weight excluding hydrogens is 204 g/mol. The first-order valence-electron chi connectivity index (χ1n) is 6.35. The molecule has 0 nitrogen and oxygen atoms in total. The second kappa shape index (κ2) is 4.75. The minimum atomic E-state index is 1.08. The number of benzene rings is 2. The Bertz CT molecular complexity index is 660. The molecule has 0 radical (unpaired) electrons. The number of fused-ring (bicyclic) bond motifs is 1. The van der Waals surface area contributed by atoms with Crippen LogP contribution in [0.3, 0.4) is 0 Å². The van der Waals surface area contributed by atoms with E-state index in [1.807, 2.05) is 0 Å². The summed E-state index contributed by atoms with van der Waals surface area (Å²) in [7, 11) is 0. The Kier molecular flexibility index (Phi) is 3.33. The summed E-state index contributed by atoms with van der Waals surface area (Å²) in [6.07, 6.45) is 5.65. The van der Waals surface area contributed by atoms with Gasteiger partial charge in [0.1, 0.15) is 0 Å². The first-order chi connectivity index (χ1) is 8.20. The van der Waals surface area contributed by atoms with Crippen LogP contribution < -0.4 is 10.4 Å². The highest BCUT2D eigenvalue weighted by molar-refractivity contribution is 5.89. The molecule has 0 saturated heterocycles. The van der Waals surface area contributed by atoms with Crippen molar-refractivity contribution in [1.82, 2.24) is 0 Å². The van der Waals surface area contributed by atoms with Gasteiger partial charge in [0.05, 0.1) is 0 Å². The van der Waals surface area contributed by atoms with Crippen molar-refractivity contribution >= 4 is 22.9 Å². The molecule has 17 heavy (non-hydrogen) atoms. The van der Waals surface area contributed by atoms with Crippen molar-refractivity contribution in [3.8, 4) is 0 Å². The van der Waals surface area contributed by atoms with Crippen LogP contribution in [0.4, 0.5) is 0 Å². The molecule has 0 atom stereocenters. The van der Waals surface area contributed by atoms with E-state index in [1.54, 1.807) is 0 Å². The molecule has 0 N–H and O–H groups in total. The third kappa shape index (κ3) is 1.88. The summed E-state index contributed by atoms with van der Waals surface area (Å²) >= 11 is 0. The van der Waals surface area contributed by atoms with Gasteiger partial charge in [0.15, 0.2) is 0 Å². The van der Waals surface area contributed by atoms with E-state index in [9.17, 15) is 0 Å². The van der Waals surface area contributed by atoms with Crippen LogP contribution in [0.5, 0.6) is 0 Å². The molecule has 0 aliphatic rings. The average Bonchev–Trinajstić information content (AvgIpc) is 2.36. The Labute approximate surface area is 103 Å². The molecule has 2 rings (SSSR count). The molecule has 0 spiro atoms. The normalized spacial score (nSPS) is 13.6. The van der Waals surface area contributed by atoms with Gasteiger partial charge in [0.25, 0.3) is 0 Å². The third-order valence-electron chi connectivity index (χ3n) is 3.53. The van der Waals surface area contributed by atoms with Gasteiger partial charge in [0, 0.05) is 0 Å². The molecule has 0 heteroatoms. The lowest BCUT2D eigenvalue weighted by Gasteiger charge is -2.09. The van der Waals surface area contributed by atoms with Crippen molar-refractivity contribution < 1.29 is 0 Å². The Morgan fingerprint density at radius 2 is 1.47 bits per heavy atom. The maximum absolute atomic E-state index is 2.34. The number of aryl methyl sites for hydroxylation is 2. The highest BCUT2D eigenvalue weighted by Gasteiger charge is 2.04. The molecule has 0 heterocycles. The van der Waals surface area contributed by atoms with Crippen LogP contribution in [0.25, 0.3) is 22.9 Å². The maximum atomic E-state index is 2.34. The van der Waals surface area contributed by atoms with Crippen LogP contribution in [-0.2, 0) is 0 Å². The maximum Gasteiger partial charge on any atom is -0.0146 e. The van der Waals surface area contributed by atoms with Gasteiger partial charge in [-0.15, -0.1) is 0 Å². The standard InChI is InChI=1S/C17H20/c1-5-9-15-13(4)17-11-8-7-10-16(17)12(3)14(15)6-2/h6-11H,5H2,1-4H3. The molecule has 0 aromatic heterocycles. The molecule has 0 amide bonds. The number of rotatable bonds is 1. The second-order valence-electron chi connectivity index (χ2n) is 4.52. The zero-order valence-corrected chi connectivity index (χ0v) is 11.2. The number of hydrogen-bond acceptors (Lipinski definition) is 0. The molecule has 0 unspecified atom stereocenters. The van der Waals surface area contributed by atoms with E-state index in [2.05, 4.69) is 64.1 Å². The smallest absolute Gasteiger partial charge is 0.0146 e. The number of hydrogen-bond donors (Lipinski definition) is 0. The summed E-state index contributed by atoms with van der Waals surface area (Å²) in [6, 6.07) is 8.70. The van der Waals surface area contributed by atoms with Gasteiger partial charge < -0.3 is 0 Å². The van der Waals surface area contributed by atoms with Crippen molar-refractivity contribution in [3.63, 3.8) is 0 Å². The fourth-order valence-corrected chi connectivity index (χ4v) is 2.67. The summed E-state index contributed by atoms with van der Waals surface area (Å²) in [5.74, 6) is 0. The third-order valence-corrected chi connectivity index (χ3v) is 3.53. The molecule has 0 aliphatic carbocycles. The second-order valence-corrected chi connectivity index (χ2v) is 4.52. The van der Waals surface area contributed by atoms with Gasteiger partial charge in [-0.1, -0.05) is 43.3 Å². The van der Waals surface area contributed by atoms with E-state index in [1.165, 1.54) is 32.3 Å². The lowest BCUT2D eigenvalue weighted by Crippen LogP contribution is -2.30. The quantitative estimate of drug-likeness (QED) is 0.696. The van der Waals surface area contributed by atoms with Gasteiger partial charge in [-0.3, -0.25) is 0 Å². The first kappa shape index (κ1) is 11.9. The molecule has 0 aliphatic heterocycles. The minimum Gasteiger partial charge on any atom is -0.0795 e. The highest BCUT2D eigenvalue weighted by atomic mass is 14.1. The van der Waals surface area contributed by atoms with Crippen molar-refractivity contribution in [3.05, 3.63) is 45.8 Å². The molecule has 0 saturated carbocycles. The fraction of sp³-hybridized carbons (Fsp3) is 0.294. The van der Waals surface area contributed by atoms with Gasteiger partial charge >= 0.3 is 0 Å². The van der Waals surface area contributed by atoms with Crippen LogP contribution in [0.1, 0.15) is 31.4 Å². The molecular formula is C17H20. The van der Waals surface area contributed by atoms with Crippen LogP contribution in [0.15, 0.2) is 24.3 Å². The summed E-state index contributed by atoms with van der Waals surface area (Å²) in [5.41, 5.74) is 2.80. The van der Waals surface area contributed by atoms with Crippen molar-refractivity contribution in [1.29, 1.82) is 0 Å². The van der Waals surface area contributed by atoms with Crippen LogP contribution in [0, 0.1) is 13.8 Å². The minimum absolute atomic E-state index is 1.08. The Balaban J connectivity index is 3.12. The van der Waals surface area contributed by atoms with E-state index in [0.29, 0.717) is 0 Å². The predicted octanol–water partition coefficient (Wildman–Crippen LogP) is 3.45. The summed E-state index contributed by atoms with van der Waals surface area (Å²) in [5, 5.41) is 5.57.